The molecule has 0 bridgehead atoms. The van der Waals surface area contributed by atoms with Gasteiger partial charge >= 0.3 is 6.09 Å². The number of piperazine rings is 1. The molecular weight excluding hydrogens is 478 g/mol. The van der Waals surface area contributed by atoms with Crippen molar-refractivity contribution >= 4 is 28.7 Å². The zero-order chi connectivity index (χ0) is 26.7. The van der Waals surface area contributed by atoms with E-state index in [1.807, 2.05) is 51.1 Å². The van der Waals surface area contributed by atoms with Crippen molar-refractivity contribution in [2.45, 2.75) is 65.0 Å². The van der Waals surface area contributed by atoms with Gasteiger partial charge in [0, 0.05) is 49.6 Å². The second-order valence-corrected chi connectivity index (χ2v) is 11.6. The summed E-state index contributed by atoms with van der Waals surface area (Å²) < 4.78 is 11.7. The highest BCUT2D eigenvalue weighted by Gasteiger charge is 2.26. The maximum absolute atomic E-state index is 12.9. The third-order valence-corrected chi connectivity index (χ3v) is 7.44. The Hall–Kier alpha value is -3.32. The summed E-state index contributed by atoms with van der Waals surface area (Å²) in [5, 5.41) is 4.21. The highest BCUT2D eigenvalue weighted by molar-refractivity contribution is 5.97. The first-order valence-corrected chi connectivity index (χ1v) is 13.9. The van der Waals surface area contributed by atoms with Crippen LogP contribution in [-0.2, 0) is 16.1 Å². The van der Waals surface area contributed by atoms with Gasteiger partial charge in [-0.1, -0.05) is 37.5 Å². The zero-order valence-electron chi connectivity index (χ0n) is 22.8. The number of hydrogen-bond donors (Lipinski definition) is 1. The molecule has 2 heterocycles. The second kappa shape index (κ2) is 11.2. The highest BCUT2D eigenvalue weighted by atomic mass is 16.6. The maximum Gasteiger partial charge on any atom is 0.410 e. The molecule has 202 valence electrons. The Balaban J connectivity index is 1.24. The fourth-order valence-corrected chi connectivity index (χ4v) is 5.40. The summed E-state index contributed by atoms with van der Waals surface area (Å²) in [5.41, 5.74) is 3.24. The molecule has 1 saturated heterocycles. The van der Waals surface area contributed by atoms with E-state index in [9.17, 15) is 9.59 Å². The molecule has 0 atom stereocenters. The minimum absolute atomic E-state index is 0.0982. The van der Waals surface area contributed by atoms with Gasteiger partial charge < -0.3 is 19.4 Å². The molecule has 7 nitrogen and oxygen atoms in total. The van der Waals surface area contributed by atoms with E-state index in [-0.39, 0.29) is 17.9 Å². The Kier molecular flexibility index (Phi) is 7.75. The quantitative estimate of drug-likeness (QED) is 0.409. The topological polar surface area (TPSA) is 75.0 Å². The van der Waals surface area contributed by atoms with Crippen molar-refractivity contribution in [1.29, 1.82) is 0 Å². The number of nitrogens with one attached hydrogen (secondary N) is 1. The SMILES string of the molecule is CC(C)(C)OC(=O)N1CCN(Cc2ccc3oc(-c4ccccc4NC(=O)C4CCCCC4)cc3c2)CC1. The summed E-state index contributed by atoms with van der Waals surface area (Å²) in [7, 11) is 0. The normalized spacial score (nSPS) is 17.5. The van der Waals surface area contributed by atoms with Crippen LogP contribution in [0.5, 0.6) is 0 Å². The van der Waals surface area contributed by atoms with Crippen molar-refractivity contribution in [1.82, 2.24) is 9.80 Å². The van der Waals surface area contributed by atoms with Crippen molar-refractivity contribution in [2.75, 3.05) is 31.5 Å². The number of para-hydroxylation sites is 1. The number of benzene rings is 2. The van der Waals surface area contributed by atoms with Gasteiger partial charge in [-0.15, -0.1) is 0 Å². The lowest BCUT2D eigenvalue weighted by Gasteiger charge is -2.35. The number of carbonyl (C=O) groups excluding carboxylic acids is 2. The molecule has 0 radical (unpaired) electrons. The fraction of sp³-hybridized carbons (Fsp3) is 0.484. The Bertz CT molecular complexity index is 1280. The van der Waals surface area contributed by atoms with E-state index in [2.05, 4.69) is 28.4 Å². The van der Waals surface area contributed by atoms with Crippen molar-refractivity contribution in [3.05, 3.63) is 54.1 Å². The highest BCUT2D eigenvalue weighted by Crippen LogP contribution is 2.34. The van der Waals surface area contributed by atoms with Crippen LogP contribution in [0.15, 0.2) is 52.9 Å². The Morgan fingerprint density at radius 3 is 2.45 bits per heavy atom. The van der Waals surface area contributed by atoms with E-state index in [0.29, 0.717) is 13.1 Å². The molecular formula is C31H39N3O4. The van der Waals surface area contributed by atoms with Gasteiger partial charge in [0.25, 0.3) is 0 Å². The number of amides is 2. The fourth-order valence-electron chi connectivity index (χ4n) is 5.40. The number of rotatable bonds is 5. The predicted octanol–water partition coefficient (Wildman–Crippen LogP) is 6.67. The van der Waals surface area contributed by atoms with Gasteiger partial charge in [-0.2, -0.15) is 0 Å². The second-order valence-electron chi connectivity index (χ2n) is 11.6. The molecule has 0 spiro atoms. The van der Waals surface area contributed by atoms with Crippen LogP contribution < -0.4 is 5.32 Å². The first-order chi connectivity index (χ1) is 18.2. The Morgan fingerprint density at radius 1 is 0.974 bits per heavy atom. The lowest BCUT2D eigenvalue weighted by Crippen LogP contribution is -2.49. The van der Waals surface area contributed by atoms with E-state index in [4.69, 9.17) is 9.15 Å². The number of fused-ring (bicyclic) bond motifs is 1. The molecule has 7 heteroatoms. The number of ether oxygens (including phenoxy) is 1. The molecule has 3 aromatic rings. The monoisotopic (exact) mass is 517 g/mol. The van der Waals surface area contributed by atoms with Crippen molar-refractivity contribution in [3.8, 4) is 11.3 Å². The molecule has 2 aliphatic rings. The number of furan rings is 1. The lowest BCUT2D eigenvalue weighted by atomic mass is 9.88. The van der Waals surface area contributed by atoms with Crippen molar-refractivity contribution < 1.29 is 18.7 Å². The predicted molar refractivity (Wildman–Crippen MR) is 150 cm³/mol. The van der Waals surface area contributed by atoms with Gasteiger partial charge in [-0.25, -0.2) is 4.79 Å². The van der Waals surface area contributed by atoms with Crippen LogP contribution in [0.25, 0.3) is 22.3 Å². The number of nitrogens with zero attached hydrogens (tertiary/aromatic N) is 2. The lowest BCUT2D eigenvalue weighted by molar-refractivity contribution is -0.120. The first kappa shape index (κ1) is 26.3. The molecule has 1 aliphatic carbocycles. The molecule has 5 rings (SSSR count). The van der Waals surface area contributed by atoms with Crippen LogP contribution in [0.3, 0.4) is 0 Å². The largest absolute Gasteiger partial charge is 0.456 e. The summed E-state index contributed by atoms with van der Waals surface area (Å²) in [6.45, 7) is 9.43. The van der Waals surface area contributed by atoms with Gasteiger partial charge in [0.15, 0.2) is 0 Å². The standard InChI is InChI=1S/C31H39N3O4/c1-31(2,3)38-30(36)34-17-15-33(16-18-34)21-22-13-14-27-24(19-22)20-28(37-27)25-11-7-8-12-26(25)32-29(35)23-9-5-4-6-10-23/h7-8,11-14,19-20,23H,4-6,9-10,15-18,21H2,1-3H3,(H,32,35). The van der Waals surface area contributed by atoms with Crippen LogP contribution in [0.2, 0.25) is 0 Å². The van der Waals surface area contributed by atoms with E-state index < -0.39 is 5.60 Å². The van der Waals surface area contributed by atoms with E-state index in [1.165, 1.54) is 12.0 Å². The van der Waals surface area contributed by atoms with E-state index in [1.54, 1.807) is 4.90 Å². The van der Waals surface area contributed by atoms with Gasteiger partial charge in [-0.05, 0) is 69.5 Å². The third-order valence-electron chi connectivity index (χ3n) is 7.44. The third kappa shape index (κ3) is 6.38. The molecule has 1 saturated carbocycles. The molecule has 2 aromatic carbocycles. The van der Waals surface area contributed by atoms with Gasteiger partial charge in [0.2, 0.25) is 5.91 Å². The maximum atomic E-state index is 12.9. The van der Waals surface area contributed by atoms with Crippen LogP contribution in [0.1, 0.15) is 58.4 Å². The van der Waals surface area contributed by atoms with E-state index in [0.717, 1.165) is 73.3 Å². The average molecular weight is 518 g/mol. The van der Waals surface area contributed by atoms with Crippen molar-refractivity contribution in [2.24, 2.45) is 5.92 Å². The zero-order valence-corrected chi connectivity index (χ0v) is 22.8. The van der Waals surface area contributed by atoms with Crippen LogP contribution in [0.4, 0.5) is 10.5 Å². The summed E-state index contributed by atoms with van der Waals surface area (Å²) in [6, 6.07) is 16.2. The Labute approximate surface area is 225 Å². The summed E-state index contributed by atoms with van der Waals surface area (Å²) in [5.74, 6) is 0.964. The molecule has 1 aromatic heterocycles. The smallest absolute Gasteiger partial charge is 0.410 e. The minimum Gasteiger partial charge on any atom is -0.456 e. The molecule has 38 heavy (non-hydrogen) atoms. The summed E-state index contributed by atoms with van der Waals surface area (Å²) in [6.07, 6.45) is 5.19. The van der Waals surface area contributed by atoms with E-state index >= 15 is 0 Å². The summed E-state index contributed by atoms with van der Waals surface area (Å²) >= 11 is 0. The molecule has 2 fully saturated rings. The minimum atomic E-state index is -0.478. The van der Waals surface area contributed by atoms with Crippen LogP contribution >= 0.6 is 0 Å². The number of carbonyl (C=O) groups is 2. The molecule has 1 aliphatic heterocycles. The number of anilines is 1. The van der Waals surface area contributed by atoms with Gasteiger partial charge in [0.05, 0.1) is 5.69 Å². The van der Waals surface area contributed by atoms with Crippen molar-refractivity contribution in [3.63, 3.8) is 0 Å². The first-order valence-electron chi connectivity index (χ1n) is 13.9. The van der Waals surface area contributed by atoms with Crippen LogP contribution in [-0.4, -0.2) is 53.6 Å². The molecule has 0 unspecified atom stereocenters. The number of hydrogen-bond acceptors (Lipinski definition) is 5. The van der Waals surface area contributed by atoms with Crippen LogP contribution in [0, 0.1) is 5.92 Å². The molecule has 2 amide bonds. The van der Waals surface area contributed by atoms with Gasteiger partial charge in [-0.3, -0.25) is 9.69 Å². The molecule has 1 N–H and O–H groups in total. The summed E-state index contributed by atoms with van der Waals surface area (Å²) in [4.78, 5) is 29.4. The Morgan fingerprint density at radius 2 is 1.71 bits per heavy atom. The van der Waals surface area contributed by atoms with Gasteiger partial charge in [0.1, 0.15) is 16.9 Å². The average Bonchev–Trinajstić information content (AvgIpc) is 3.32.